The zero-order valence-electron chi connectivity index (χ0n) is 11.8. The van der Waals surface area contributed by atoms with Crippen LogP contribution in [-0.2, 0) is 4.79 Å². The summed E-state index contributed by atoms with van der Waals surface area (Å²) in [6, 6.07) is 9.77. The monoisotopic (exact) mass is 298 g/mol. The predicted molar refractivity (Wildman–Crippen MR) is 81.4 cm³/mol. The van der Waals surface area contributed by atoms with Crippen molar-refractivity contribution in [2.24, 2.45) is 0 Å². The van der Waals surface area contributed by atoms with E-state index >= 15 is 0 Å². The molecule has 0 spiro atoms. The van der Waals surface area contributed by atoms with Crippen molar-refractivity contribution >= 4 is 23.2 Å². The molecule has 0 aliphatic carbocycles. The molecule has 112 valence electrons. The summed E-state index contributed by atoms with van der Waals surface area (Å²) >= 11 is 0. The number of phenols is 1. The summed E-state index contributed by atoms with van der Waals surface area (Å²) in [5.41, 5.74) is 2.04. The van der Waals surface area contributed by atoms with Crippen LogP contribution in [0, 0.1) is 6.92 Å². The maximum absolute atomic E-state index is 12.2. The smallest absolute Gasteiger partial charge is 0.262 e. The van der Waals surface area contributed by atoms with E-state index in [1.54, 1.807) is 30.3 Å². The number of anilines is 2. The Labute approximate surface area is 126 Å². The predicted octanol–water partition coefficient (Wildman–Crippen LogP) is 2.28. The molecule has 22 heavy (non-hydrogen) atoms. The lowest BCUT2D eigenvalue weighted by Gasteiger charge is -2.18. The van der Waals surface area contributed by atoms with Gasteiger partial charge in [-0.3, -0.25) is 9.59 Å². The van der Waals surface area contributed by atoms with Crippen LogP contribution in [0.5, 0.6) is 11.5 Å². The summed E-state index contributed by atoms with van der Waals surface area (Å²) in [5, 5.41) is 15.2. The number of carbonyl (C=O) groups is 2. The van der Waals surface area contributed by atoms with Gasteiger partial charge in [0.15, 0.2) is 6.61 Å². The van der Waals surface area contributed by atoms with Crippen molar-refractivity contribution in [1.82, 2.24) is 0 Å². The fourth-order valence-corrected chi connectivity index (χ4v) is 2.19. The molecule has 0 aromatic heterocycles. The van der Waals surface area contributed by atoms with Crippen LogP contribution in [-0.4, -0.2) is 23.5 Å². The molecule has 0 saturated carbocycles. The van der Waals surface area contributed by atoms with Crippen molar-refractivity contribution in [1.29, 1.82) is 0 Å². The molecule has 2 aromatic rings. The Morgan fingerprint density at radius 2 is 2.09 bits per heavy atom. The van der Waals surface area contributed by atoms with E-state index in [9.17, 15) is 14.7 Å². The van der Waals surface area contributed by atoms with Crippen LogP contribution in [0.3, 0.4) is 0 Å². The van der Waals surface area contributed by atoms with Gasteiger partial charge in [0.2, 0.25) is 0 Å². The maximum atomic E-state index is 12.2. The van der Waals surface area contributed by atoms with E-state index in [1.165, 1.54) is 6.07 Å². The molecule has 0 bridgehead atoms. The van der Waals surface area contributed by atoms with Crippen molar-refractivity contribution in [3.05, 3.63) is 47.5 Å². The minimum Gasteiger partial charge on any atom is -0.507 e. The highest BCUT2D eigenvalue weighted by molar-refractivity contribution is 6.06. The fourth-order valence-electron chi connectivity index (χ4n) is 2.19. The Morgan fingerprint density at radius 1 is 1.27 bits per heavy atom. The van der Waals surface area contributed by atoms with Gasteiger partial charge in [0.1, 0.15) is 11.5 Å². The molecular formula is C16H14N2O4. The van der Waals surface area contributed by atoms with Crippen LogP contribution < -0.4 is 15.4 Å². The third kappa shape index (κ3) is 2.71. The van der Waals surface area contributed by atoms with Crippen molar-refractivity contribution in [3.8, 4) is 11.5 Å². The fraction of sp³-hybridized carbons (Fsp3) is 0.125. The van der Waals surface area contributed by atoms with E-state index in [1.807, 2.05) is 6.92 Å². The van der Waals surface area contributed by atoms with Crippen LogP contribution in [0.15, 0.2) is 36.4 Å². The molecule has 1 aliphatic heterocycles. The molecule has 6 heteroatoms. The number of benzene rings is 2. The van der Waals surface area contributed by atoms with E-state index in [4.69, 9.17) is 4.74 Å². The van der Waals surface area contributed by atoms with Crippen LogP contribution in [0.2, 0.25) is 0 Å². The molecule has 0 radical (unpaired) electrons. The minimum absolute atomic E-state index is 0.0179. The Bertz CT molecular complexity index is 771. The van der Waals surface area contributed by atoms with Gasteiger partial charge in [0.05, 0.1) is 11.3 Å². The Morgan fingerprint density at radius 3 is 2.86 bits per heavy atom. The van der Waals surface area contributed by atoms with Crippen molar-refractivity contribution in [2.45, 2.75) is 6.92 Å². The van der Waals surface area contributed by atoms with Gasteiger partial charge in [-0.05, 0) is 42.8 Å². The number of phenolic OH excluding ortho intramolecular Hbond substituents is 1. The molecule has 0 fully saturated rings. The van der Waals surface area contributed by atoms with E-state index in [-0.39, 0.29) is 23.8 Å². The number of aryl methyl sites for hydroxylation is 1. The lowest BCUT2D eigenvalue weighted by molar-refractivity contribution is -0.118. The normalized spacial score (nSPS) is 12.9. The van der Waals surface area contributed by atoms with Gasteiger partial charge < -0.3 is 20.5 Å². The average Bonchev–Trinajstić information content (AvgIpc) is 2.46. The molecule has 1 heterocycles. The molecule has 2 aromatic carbocycles. The molecule has 3 N–H and O–H groups in total. The van der Waals surface area contributed by atoms with Crippen LogP contribution >= 0.6 is 0 Å². The summed E-state index contributed by atoms with van der Waals surface area (Å²) < 4.78 is 5.25. The third-order valence-electron chi connectivity index (χ3n) is 3.27. The molecule has 1 aliphatic rings. The zero-order valence-corrected chi connectivity index (χ0v) is 11.8. The highest BCUT2D eigenvalue weighted by Crippen LogP contribution is 2.31. The molecular weight excluding hydrogens is 284 g/mol. The van der Waals surface area contributed by atoms with Gasteiger partial charge in [0, 0.05) is 5.69 Å². The van der Waals surface area contributed by atoms with Crippen LogP contribution in [0.25, 0.3) is 0 Å². The first-order valence-corrected chi connectivity index (χ1v) is 6.70. The summed E-state index contributed by atoms with van der Waals surface area (Å²) in [7, 11) is 0. The first kappa shape index (κ1) is 13.9. The number of hydrogen-bond acceptors (Lipinski definition) is 4. The second-order valence-corrected chi connectivity index (χ2v) is 5.02. The quantitative estimate of drug-likeness (QED) is 0.793. The van der Waals surface area contributed by atoms with Gasteiger partial charge in [-0.1, -0.05) is 6.07 Å². The number of amides is 2. The highest BCUT2D eigenvalue weighted by Gasteiger charge is 2.17. The number of fused-ring (bicyclic) bond motifs is 1. The lowest BCUT2D eigenvalue weighted by Crippen LogP contribution is -2.25. The Kier molecular flexibility index (Phi) is 3.42. The molecule has 0 unspecified atom stereocenters. The molecule has 2 amide bonds. The lowest BCUT2D eigenvalue weighted by atomic mass is 10.1. The second kappa shape index (κ2) is 5.40. The maximum Gasteiger partial charge on any atom is 0.262 e. The number of hydrogen-bond donors (Lipinski definition) is 3. The van der Waals surface area contributed by atoms with E-state index in [0.717, 1.165) is 5.56 Å². The third-order valence-corrected chi connectivity index (χ3v) is 3.27. The largest absolute Gasteiger partial charge is 0.507 e. The second-order valence-electron chi connectivity index (χ2n) is 5.02. The first-order chi connectivity index (χ1) is 10.5. The number of carbonyl (C=O) groups excluding carboxylic acids is 2. The summed E-state index contributed by atoms with van der Waals surface area (Å²) in [4.78, 5) is 23.5. The highest BCUT2D eigenvalue weighted by atomic mass is 16.5. The standard InChI is InChI=1S/C16H14N2O4/c1-9-2-4-11(13(19)6-9)16(21)17-10-3-5-14-12(7-10)18-15(20)8-22-14/h2-7,19H,8H2,1H3,(H,17,21)(H,18,20). The first-order valence-electron chi connectivity index (χ1n) is 6.70. The Balaban J connectivity index is 1.82. The SMILES string of the molecule is Cc1ccc(C(=O)Nc2ccc3c(c2)NC(=O)CO3)c(O)c1. The van der Waals surface area contributed by atoms with Gasteiger partial charge in [-0.25, -0.2) is 0 Å². The van der Waals surface area contributed by atoms with Gasteiger partial charge in [-0.2, -0.15) is 0 Å². The Hall–Kier alpha value is -3.02. The molecule has 6 nitrogen and oxygen atoms in total. The van der Waals surface area contributed by atoms with Crippen molar-refractivity contribution < 1.29 is 19.4 Å². The average molecular weight is 298 g/mol. The topological polar surface area (TPSA) is 87.7 Å². The van der Waals surface area contributed by atoms with Crippen molar-refractivity contribution in [2.75, 3.05) is 17.2 Å². The molecule has 0 saturated heterocycles. The number of rotatable bonds is 2. The van der Waals surface area contributed by atoms with Gasteiger partial charge >= 0.3 is 0 Å². The molecule has 3 rings (SSSR count). The van der Waals surface area contributed by atoms with Gasteiger partial charge in [-0.15, -0.1) is 0 Å². The summed E-state index contributed by atoms with van der Waals surface area (Å²) in [6.45, 7) is 1.81. The van der Waals surface area contributed by atoms with Crippen molar-refractivity contribution in [3.63, 3.8) is 0 Å². The number of ether oxygens (including phenoxy) is 1. The number of nitrogens with one attached hydrogen (secondary N) is 2. The zero-order chi connectivity index (χ0) is 15.7. The van der Waals surface area contributed by atoms with Gasteiger partial charge in [0.25, 0.3) is 11.8 Å². The van der Waals surface area contributed by atoms with E-state index in [2.05, 4.69) is 10.6 Å². The van der Waals surface area contributed by atoms with E-state index < -0.39 is 5.91 Å². The van der Waals surface area contributed by atoms with Crippen LogP contribution in [0.4, 0.5) is 11.4 Å². The number of aromatic hydroxyl groups is 1. The summed E-state index contributed by atoms with van der Waals surface area (Å²) in [6.07, 6.45) is 0. The van der Waals surface area contributed by atoms with Crippen LogP contribution in [0.1, 0.15) is 15.9 Å². The molecule has 0 atom stereocenters. The van der Waals surface area contributed by atoms with E-state index in [0.29, 0.717) is 17.1 Å². The minimum atomic E-state index is -0.430. The summed E-state index contributed by atoms with van der Waals surface area (Å²) in [5.74, 6) is -0.199.